The van der Waals surface area contributed by atoms with Crippen molar-refractivity contribution in [3.63, 3.8) is 0 Å². The van der Waals surface area contributed by atoms with Crippen molar-refractivity contribution in [2.45, 2.75) is 6.92 Å². The standard InChI is InChI=1S/C19H16ClFN4O2/c1-2-27-14-6-3-12(4-7-14)25-19(26)17-10-18(23-11-22-17)24-13-5-8-16(21)15(20)9-13/h3-11H,2H2,1H3,(H,25,26)(H,22,23,24). The van der Waals surface area contributed by atoms with Crippen LogP contribution in [0.25, 0.3) is 0 Å². The van der Waals surface area contributed by atoms with Crippen molar-refractivity contribution in [2.75, 3.05) is 17.2 Å². The van der Waals surface area contributed by atoms with E-state index in [2.05, 4.69) is 20.6 Å². The molecule has 0 aliphatic heterocycles. The SMILES string of the molecule is CCOc1ccc(NC(=O)c2cc(Nc3ccc(F)c(Cl)c3)ncn2)cc1. The maximum Gasteiger partial charge on any atom is 0.274 e. The summed E-state index contributed by atoms with van der Waals surface area (Å²) in [7, 11) is 0. The molecule has 0 fully saturated rings. The van der Waals surface area contributed by atoms with Gasteiger partial charge in [-0.3, -0.25) is 4.79 Å². The van der Waals surface area contributed by atoms with Crippen LogP contribution in [0.5, 0.6) is 5.75 Å². The van der Waals surface area contributed by atoms with E-state index in [1.165, 1.54) is 30.6 Å². The summed E-state index contributed by atoms with van der Waals surface area (Å²) in [5.74, 6) is 0.202. The smallest absolute Gasteiger partial charge is 0.274 e. The molecule has 2 aromatic carbocycles. The Bertz CT molecular complexity index is 951. The Hall–Kier alpha value is -3.19. The number of nitrogens with zero attached hydrogens (tertiary/aromatic N) is 2. The van der Waals surface area contributed by atoms with Crippen LogP contribution in [0.3, 0.4) is 0 Å². The molecule has 0 atom stereocenters. The minimum atomic E-state index is -0.514. The van der Waals surface area contributed by atoms with Crippen LogP contribution < -0.4 is 15.4 Å². The van der Waals surface area contributed by atoms with Gasteiger partial charge in [-0.05, 0) is 49.4 Å². The highest BCUT2D eigenvalue weighted by Gasteiger charge is 2.10. The van der Waals surface area contributed by atoms with Crippen LogP contribution in [0, 0.1) is 5.82 Å². The van der Waals surface area contributed by atoms with Crippen molar-refractivity contribution in [3.8, 4) is 5.75 Å². The average Bonchev–Trinajstić information content (AvgIpc) is 2.67. The molecule has 0 saturated heterocycles. The van der Waals surface area contributed by atoms with Gasteiger partial charge in [-0.25, -0.2) is 14.4 Å². The molecule has 0 bridgehead atoms. The van der Waals surface area contributed by atoms with Gasteiger partial charge in [0.2, 0.25) is 0 Å². The van der Waals surface area contributed by atoms with Crippen LogP contribution >= 0.6 is 11.6 Å². The molecule has 1 heterocycles. The number of nitrogens with one attached hydrogen (secondary N) is 2. The van der Waals surface area contributed by atoms with E-state index in [1.807, 2.05) is 6.92 Å². The molecule has 1 aromatic heterocycles. The molecule has 27 heavy (non-hydrogen) atoms. The lowest BCUT2D eigenvalue weighted by atomic mass is 10.2. The number of carbonyl (C=O) groups is 1. The Morgan fingerprint density at radius 2 is 1.85 bits per heavy atom. The summed E-state index contributed by atoms with van der Waals surface area (Å²) in [5, 5.41) is 5.69. The first kappa shape index (κ1) is 18.6. The predicted octanol–water partition coefficient (Wildman–Crippen LogP) is 4.66. The fourth-order valence-electron chi connectivity index (χ4n) is 2.27. The Labute approximate surface area is 160 Å². The van der Waals surface area contributed by atoms with Crippen molar-refractivity contribution in [1.82, 2.24) is 9.97 Å². The molecule has 3 rings (SSSR count). The van der Waals surface area contributed by atoms with Crippen molar-refractivity contribution in [3.05, 3.63) is 71.4 Å². The molecular formula is C19H16ClFN4O2. The first-order valence-corrected chi connectivity index (χ1v) is 8.51. The lowest BCUT2D eigenvalue weighted by Crippen LogP contribution is -2.14. The molecule has 0 aliphatic rings. The molecule has 8 heteroatoms. The van der Waals surface area contributed by atoms with Crippen molar-refractivity contribution in [2.24, 2.45) is 0 Å². The second-order valence-electron chi connectivity index (χ2n) is 5.45. The van der Waals surface area contributed by atoms with E-state index in [1.54, 1.807) is 24.3 Å². The summed E-state index contributed by atoms with van der Waals surface area (Å²) in [6, 6.07) is 12.7. The first-order chi connectivity index (χ1) is 13.0. The lowest BCUT2D eigenvalue weighted by Gasteiger charge is -2.09. The molecule has 1 amide bonds. The van der Waals surface area contributed by atoms with Crippen LogP contribution in [-0.4, -0.2) is 22.5 Å². The van der Waals surface area contributed by atoms with Gasteiger partial charge in [0, 0.05) is 17.4 Å². The van der Waals surface area contributed by atoms with Crippen LogP contribution in [-0.2, 0) is 0 Å². The molecule has 0 spiro atoms. The lowest BCUT2D eigenvalue weighted by molar-refractivity contribution is 0.102. The van der Waals surface area contributed by atoms with E-state index in [0.29, 0.717) is 23.8 Å². The van der Waals surface area contributed by atoms with Crippen LogP contribution in [0.15, 0.2) is 54.9 Å². The molecular weight excluding hydrogens is 371 g/mol. The van der Waals surface area contributed by atoms with Gasteiger partial charge in [0.25, 0.3) is 5.91 Å². The number of hydrogen-bond donors (Lipinski definition) is 2. The maximum atomic E-state index is 13.2. The summed E-state index contributed by atoms with van der Waals surface area (Å²) >= 11 is 5.76. The third-order valence-electron chi connectivity index (χ3n) is 3.51. The highest BCUT2D eigenvalue weighted by Crippen LogP contribution is 2.22. The van der Waals surface area contributed by atoms with E-state index >= 15 is 0 Å². The number of rotatable bonds is 6. The van der Waals surface area contributed by atoms with Gasteiger partial charge in [-0.15, -0.1) is 0 Å². The van der Waals surface area contributed by atoms with Crippen LogP contribution in [0.1, 0.15) is 17.4 Å². The van der Waals surface area contributed by atoms with Gasteiger partial charge in [-0.2, -0.15) is 0 Å². The van der Waals surface area contributed by atoms with Crippen molar-refractivity contribution in [1.29, 1.82) is 0 Å². The Morgan fingerprint density at radius 1 is 1.11 bits per heavy atom. The molecule has 138 valence electrons. The summed E-state index contributed by atoms with van der Waals surface area (Å²) in [5.41, 5.74) is 1.33. The van der Waals surface area contributed by atoms with Crippen LogP contribution in [0.4, 0.5) is 21.6 Å². The number of carbonyl (C=O) groups excluding carboxylic acids is 1. The van der Waals surface area contributed by atoms with Crippen molar-refractivity contribution < 1.29 is 13.9 Å². The van der Waals surface area contributed by atoms with E-state index < -0.39 is 5.82 Å². The summed E-state index contributed by atoms with van der Waals surface area (Å²) in [4.78, 5) is 20.4. The molecule has 0 radical (unpaired) electrons. The number of hydrogen-bond acceptors (Lipinski definition) is 5. The average molecular weight is 387 g/mol. The number of halogens is 2. The van der Waals surface area contributed by atoms with Gasteiger partial charge in [-0.1, -0.05) is 11.6 Å². The Morgan fingerprint density at radius 3 is 2.56 bits per heavy atom. The summed E-state index contributed by atoms with van der Waals surface area (Å²) < 4.78 is 18.6. The minimum absolute atomic E-state index is 0.0116. The van der Waals surface area contributed by atoms with Crippen LogP contribution in [0.2, 0.25) is 5.02 Å². The van der Waals surface area contributed by atoms with Gasteiger partial charge in [0.05, 0.1) is 11.6 Å². The number of ether oxygens (including phenoxy) is 1. The third kappa shape index (κ3) is 4.92. The van der Waals surface area contributed by atoms with E-state index in [-0.39, 0.29) is 16.6 Å². The zero-order valence-corrected chi connectivity index (χ0v) is 15.1. The number of anilines is 3. The first-order valence-electron chi connectivity index (χ1n) is 8.13. The molecule has 6 nitrogen and oxygen atoms in total. The van der Waals surface area contributed by atoms with E-state index in [9.17, 15) is 9.18 Å². The quantitative estimate of drug-likeness (QED) is 0.644. The van der Waals surface area contributed by atoms with Gasteiger partial charge in [0.1, 0.15) is 29.4 Å². The molecule has 0 saturated carbocycles. The largest absolute Gasteiger partial charge is 0.494 e. The number of amides is 1. The van der Waals surface area contributed by atoms with Crippen molar-refractivity contribution >= 4 is 34.7 Å². The second kappa shape index (κ2) is 8.46. The number of benzene rings is 2. The zero-order valence-electron chi connectivity index (χ0n) is 14.4. The topological polar surface area (TPSA) is 76.1 Å². The Kier molecular flexibility index (Phi) is 5.83. The fraction of sp³-hybridized carbons (Fsp3) is 0.105. The molecule has 0 unspecified atom stereocenters. The fourth-order valence-corrected chi connectivity index (χ4v) is 2.45. The van der Waals surface area contributed by atoms with Gasteiger partial charge >= 0.3 is 0 Å². The zero-order chi connectivity index (χ0) is 19.2. The summed E-state index contributed by atoms with van der Waals surface area (Å²) in [6.45, 7) is 2.47. The summed E-state index contributed by atoms with van der Waals surface area (Å²) in [6.07, 6.45) is 1.26. The number of aromatic nitrogens is 2. The predicted molar refractivity (Wildman–Crippen MR) is 102 cm³/mol. The van der Waals surface area contributed by atoms with Gasteiger partial charge in [0.15, 0.2) is 0 Å². The highest BCUT2D eigenvalue weighted by atomic mass is 35.5. The van der Waals surface area contributed by atoms with E-state index in [0.717, 1.165) is 5.75 Å². The second-order valence-corrected chi connectivity index (χ2v) is 5.86. The van der Waals surface area contributed by atoms with Gasteiger partial charge < -0.3 is 15.4 Å². The minimum Gasteiger partial charge on any atom is -0.494 e. The maximum absolute atomic E-state index is 13.2. The molecule has 0 aliphatic carbocycles. The normalized spacial score (nSPS) is 10.3. The molecule has 2 N–H and O–H groups in total. The molecule has 3 aromatic rings. The Balaban J connectivity index is 1.70. The third-order valence-corrected chi connectivity index (χ3v) is 3.80. The van der Waals surface area contributed by atoms with E-state index in [4.69, 9.17) is 16.3 Å². The highest BCUT2D eigenvalue weighted by molar-refractivity contribution is 6.31. The monoisotopic (exact) mass is 386 g/mol.